The Balaban J connectivity index is 1.81. The Morgan fingerprint density at radius 1 is 1.19 bits per heavy atom. The molecule has 1 aliphatic carbocycles. The van der Waals surface area contributed by atoms with Crippen molar-refractivity contribution in [2.24, 2.45) is 10.4 Å². The number of ether oxygens (including phenoxy) is 2. The number of aliphatic imine (C=N–C) groups is 1. The van der Waals surface area contributed by atoms with Crippen molar-refractivity contribution in [1.82, 2.24) is 10.6 Å². The highest BCUT2D eigenvalue weighted by Crippen LogP contribution is 2.43. The van der Waals surface area contributed by atoms with Crippen LogP contribution >= 0.6 is 0 Å². The Labute approximate surface area is 164 Å². The van der Waals surface area contributed by atoms with Gasteiger partial charge in [-0.3, -0.25) is 4.99 Å². The highest BCUT2D eigenvalue weighted by atomic mass is 16.5. The maximum atomic E-state index is 5.88. The van der Waals surface area contributed by atoms with Crippen molar-refractivity contribution in [1.29, 1.82) is 0 Å². The number of nitrogens with one attached hydrogen (secondary N) is 2. The standard InChI is InChI=1S/C22H37N3O2/c1-21(2,3)27-16-19-9-6-8-18(14-19)15-24-20(23-4)25-17-22(10-7-11-22)12-13-26-5/h6,8-9,14H,7,10-13,15-17H2,1-5H3,(H2,23,24,25). The molecule has 152 valence electrons. The third kappa shape index (κ3) is 7.51. The van der Waals surface area contributed by atoms with Crippen LogP contribution in [0, 0.1) is 5.41 Å². The van der Waals surface area contributed by atoms with E-state index in [-0.39, 0.29) is 5.60 Å². The van der Waals surface area contributed by atoms with Crippen LogP contribution in [0.15, 0.2) is 29.3 Å². The van der Waals surface area contributed by atoms with Gasteiger partial charge in [-0.15, -0.1) is 0 Å². The quantitative estimate of drug-likeness (QED) is 0.508. The predicted octanol–water partition coefficient (Wildman–Crippen LogP) is 3.87. The minimum Gasteiger partial charge on any atom is -0.385 e. The summed E-state index contributed by atoms with van der Waals surface area (Å²) in [5.41, 5.74) is 2.67. The van der Waals surface area contributed by atoms with E-state index in [4.69, 9.17) is 9.47 Å². The summed E-state index contributed by atoms with van der Waals surface area (Å²) >= 11 is 0. The molecule has 0 atom stereocenters. The third-order valence-corrected chi connectivity index (χ3v) is 5.23. The molecule has 0 radical (unpaired) electrons. The van der Waals surface area contributed by atoms with Crippen LogP contribution < -0.4 is 10.6 Å². The fourth-order valence-electron chi connectivity index (χ4n) is 3.32. The van der Waals surface area contributed by atoms with Crippen LogP contribution in [0.4, 0.5) is 0 Å². The summed E-state index contributed by atoms with van der Waals surface area (Å²) in [5.74, 6) is 0.857. The lowest BCUT2D eigenvalue weighted by Gasteiger charge is -2.42. The van der Waals surface area contributed by atoms with Gasteiger partial charge in [-0.25, -0.2) is 0 Å². The van der Waals surface area contributed by atoms with Crippen molar-refractivity contribution in [2.45, 2.75) is 65.2 Å². The minimum absolute atomic E-state index is 0.124. The van der Waals surface area contributed by atoms with Gasteiger partial charge in [0.1, 0.15) is 0 Å². The fourth-order valence-corrected chi connectivity index (χ4v) is 3.32. The Hall–Kier alpha value is -1.59. The summed E-state index contributed by atoms with van der Waals surface area (Å²) < 4.78 is 11.2. The minimum atomic E-state index is -0.124. The van der Waals surface area contributed by atoms with Crippen molar-refractivity contribution in [3.63, 3.8) is 0 Å². The molecule has 0 aromatic heterocycles. The molecule has 1 aliphatic rings. The number of rotatable bonds is 9. The van der Waals surface area contributed by atoms with Crippen LogP contribution in [-0.2, 0) is 22.6 Å². The number of methoxy groups -OCH3 is 1. The van der Waals surface area contributed by atoms with E-state index in [1.54, 1.807) is 7.11 Å². The number of guanidine groups is 1. The maximum absolute atomic E-state index is 5.88. The number of nitrogens with zero attached hydrogens (tertiary/aromatic N) is 1. The zero-order valence-corrected chi connectivity index (χ0v) is 17.7. The first kappa shape index (κ1) is 21.7. The van der Waals surface area contributed by atoms with Gasteiger partial charge in [0, 0.05) is 33.9 Å². The highest BCUT2D eigenvalue weighted by molar-refractivity contribution is 5.79. The molecule has 5 heteroatoms. The van der Waals surface area contributed by atoms with E-state index in [1.165, 1.54) is 30.4 Å². The van der Waals surface area contributed by atoms with Crippen LogP contribution in [-0.4, -0.2) is 38.9 Å². The van der Waals surface area contributed by atoms with Crippen molar-refractivity contribution >= 4 is 5.96 Å². The zero-order valence-electron chi connectivity index (χ0n) is 17.7. The molecular formula is C22H37N3O2. The number of benzene rings is 1. The van der Waals surface area contributed by atoms with Gasteiger partial charge in [-0.2, -0.15) is 0 Å². The molecule has 1 fully saturated rings. The van der Waals surface area contributed by atoms with Gasteiger partial charge >= 0.3 is 0 Å². The summed E-state index contributed by atoms with van der Waals surface area (Å²) in [6, 6.07) is 8.52. The molecule has 0 amide bonds. The largest absolute Gasteiger partial charge is 0.385 e. The zero-order chi connectivity index (χ0) is 19.8. The molecule has 27 heavy (non-hydrogen) atoms. The number of hydrogen-bond donors (Lipinski definition) is 2. The summed E-state index contributed by atoms with van der Waals surface area (Å²) in [4.78, 5) is 4.37. The lowest BCUT2D eigenvalue weighted by atomic mass is 9.67. The first-order valence-corrected chi connectivity index (χ1v) is 10.0. The predicted molar refractivity (Wildman–Crippen MR) is 112 cm³/mol. The van der Waals surface area contributed by atoms with Crippen molar-refractivity contribution in [3.8, 4) is 0 Å². The molecule has 2 rings (SSSR count). The van der Waals surface area contributed by atoms with Gasteiger partial charge in [0.05, 0.1) is 12.2 Å². The first-order chi connectivity index (χ1) is 12.9. The fraction of sp³-hybridized carbons (Fsp3) is 0.682. The van der Waals surface area contributed by atoms with Gasteiger partial charge in [0.25, 0.3) is 0 Å². The third-order valence-electron chi connectivity index (χ3n) is 5.23. The van der Waals surface area contributed by atoms with Crippen molar-refractivity contribution in [2.75, 3.05) is 27.3 Å². The van der Waals surface area contributed by atoms with E-state index in [2.05, 4.69) is 60.7 Å². The molecule has 0 aliphatic heterocycles. The normalized spacial score (nSPS) is 16.7. The highest BCUT2D eigenvalue weighted by Gasteiger charge is 2.36. The van der Waals surface area contributed by atoms with Crippen LogP contribution in [0.2, 0.25) is 0 Å². The molecular weight excluding hydrogens is 338 g/mol. The molecule has 0 saturated heterocycles. The van der Waals surface area contributed by atoms with Gasteiger partial charge in [-0.05, 0) is 56.6 Å². The SMILES string of the molecule is CN=C(NCc1cccc(COC(C)(C)C)c1)NCC1(CCOC)CCC1. The van der Waals surface area contributed by atoms with E-state index in [9.17, 15) is 0 Å². The van der Waals surface area contributed by atoms with E-state index >= 15 is 0 Å². The van der Waals surface area contributed by atoms with Gasteiger partial charge < -0.3 is 20.1 Å². The Bertz CT molecular complexity index is 604. The van der Waals surface area contributed by atoms with E-state index in [0.717, 1.165) is 32.1 Å². The van der Waals surface area contributed by atoms with Crippen LogP contribution in [0.1, 0.15) is 57.6 Å². The lowest BCUT2D eigenvalue weighted by molar-refractivity contribution is -0.0149. The van der Waals surface area contributed by atoms with Gasteiger partial charge in [0.15, 0.2) is 5.96 Å². The molecule has 2 N–H and O–H groups in total. The topological polar surface area (TPSA) is 54.9 Å². The molecule has 5 nitrogen and oxygen atoms in total. The number of hydrogen-bond acceptors (Lipinski definition) is 3. The van der Waals surface area contributed by atoms with Crippen LogP contribution in [0.25, 0.3) is 0 Å². The van der Waals surface area contributed by atoms with Gasteiger partial charge in [-0.1, -0.05) is 30.7 Å². The second kappa shape index (κ2) is 10.1. The van der Waals surface area contributed by atoms with E-state index in [0.29, 0.717) is 12.0 Å². The Morgan fingerprint density at radius 2 is 1.93 bits per heavy atom. The summed E-state index contributed by atoms with van der Waals surface area (Å²) in [6.07, 6.45) is 4.98. The first-order valence-electron chi connectivity index (χ1n) is 10.0. The maximum Gasteiger partial charge on any atom is 0.191 e. The molecule has 0 heterocycles. The van der Waals surface area contributed by atoms with E-state index < -0.39 is 0 Å². The monoisotopic (exact) mass is 375 g/mol. The van der Waals surface area contributed by atoms with Crippen molar-refractivity contribution in [3.05, 3.63) is 35.4 Å². The van der Waals surface area contributed by atoms with Crippen LogP contribution in [0.3, 0.4) is 0 Å². The Morgan fingerprint density at radius 3 is 2.52 bits per heavy atom. The summed E-state index contributed by atoms with van der Waals surface area (Å²) in [6.45, 7) is 9.40. The molecule has 0 unspecified atom stereocenters. The summed E-state index contributed by atoms with van der Waals surface area (Å²) in [5, 5.41) is 6.94. The van der Waals surface area contributed by atoms with Crippen molar-refractivity contribution < 1.29 is 9.47 Å². The van der Waals surface area contributed by atoms with Crippen LogP contribution in [0.5, 0.6) is 0 Å². The smallest absolute Gasteiger partial charge is 0.191 e. The Kier molecular flexibility index (Phi) is 8.11. The second-order valence-electron chi connectivity index (χ2n) is 8.60. The average Bonchev–Trinajstić information content (AvgIpc) is 2.61. The lowest BCUT2D eigenvalue weighted by Crippen LogP contribution is -2.46. The summed E-state index contributed by atoms with van der Waals surface area (Å²) in [7, 11) is 3.60. The van der Waals surface area contributed by atoms with E-state index in [1.807, 2.05) is 7.05 Å². The average molecular weight is 376 g/mol. The molecule has 0 spiro atoms. The molecule has 0 bridgehead atoms. The van der Waals surface area contributed by atoms with Gasteiger partial charge in [0.2, 0.25) is 0 Å². The second-order valence-corrected chi connectivity index (χ2v) is 8.60. The molecule has 1 aromatic carbocycles. The molecule has 1 aromatic rings. The molecule has 1 saturated carbocycles.